The fourth-order valence-corrected chi connectivity index (χ4v) is 4.60. The summed E-state index contributed by atoms with van der Waals surface area (Å²) in [5.41, 5.74) is 2.39. The molecule has 2 aromatic carbocycles. The molecule has 0 saturated carbocycles. The van der Waals surface area contributed by atoms with Crippen molar-refractivity contribution in [1.29, 1.82) is 0 Å². The van der Waals surface area contributed by atoms with Crippen LogP contribution in [0.3, 0.4) is 0 Å². The van der Waals surface area contributed by atoms with E-state index in [4.69, 9.17) is 0 Å². The van der Waals surface area contributed by atoms with Gasteiger partial charge in [-0.25, -0.2) is 8.42 Å². The van der Waals surface area contributed by atoms with Crippen molar-refractivity contribution in [3.05, 3.63) is 65.2 Å². The van der Waals surface area contributed by atoms with Gasteiger partial charge in [0.15, 0.2) is 0 Å². The molecule has 0 spiro atoms. The highest BCUT2D eigenvalue weighted by Crippen LogP contribution is 2.22. The zero-order valence-electron chi connectivity index (χ0n) is 19.4. The summed E-state index contributed by atoms with van der Waals surface area (Å²) in [6.45, 7) is 10.8. The van der Waals surface area contributed by atoms with E-state index in [1.165, 1.54) is 16.4 Å². The van der Waals surface area contributed by atoms with Crippen molar-refractivity contribution in [2.24, 2.45) is 0 Å². The van der Waals surface area contributed by atoms with Crippen molar-refractivity contribution in [2.45, 2.75) is 51.5 Å². The first-order valence-electron chi connectivity index (χ1n) is 10.7. The van der Waals surface area contributed by atoms with Gasteiger partial charge in [0.1, 0.15) is 0 Å². The normalized spacial score (nSPS) is 11.9. The Morgan fingerprint density at radius 1 is 0.875 bits per heavy atom. The zero-order valence-corrected chi connectivity index (χ0v) is 20.3. The SMILES string of the molecule is CCN(CC)S(=O)(=O)c1ccc(CNC(=O)CNC(=O)c2ccc(C(C)(C)C)cc2)cc1. The second kappa shape index (κ2) is 10.7. The van der Waals surface area contributed by atoms with Crippen LogP contribution in [0.4, 0.5) is 0 Å². The van der Waals surface area contributed by atoms with Crippen molar-refractivity contribution in [1.82, 2.24) is 14.9 Å². The van der Waals surface area contributed by atoms with Crippen molar-refractivity contribution in [3.8, 4) is 0 Å². The van der Waals surface area contributed by atoms with Crippen LogP contribution in [-0.4, -0.2) is 44.2 Å². The Kier molecular flexibility index (Phi) is 8.58. The lowest BCUT2D eigenvalue weighted by Gasteiger charge is -2.19. The highest BCUT2D eigenvalue weighted by molar-refractivity contribution is 7.89. The van der Waals surface area contributed by atoms with Crippen molar-refractivity contribution < 1.29 is 18.0 Å². The minimum atomic E-state index is -3.51. The largest absolute Gasteiger partial charge is 0.350 e. The molecule has 174 valence electrons. The van der Waals surface area contributed by atoms with Gasteiger partial charge < -0.3 is 10.6 Å². The highest BCUT2D eigenvalue weighted by Gasteiger charge is 2.21. The van der Waals surface area contributed by atoms with E-state index in [1.807, 2.05) is 12.1 Å². The first-order valence-corrected chi connectivity index (χ1v) is 12.2. The van der Waals surface area contributed by atoms with Crippen molar-refractivity contribution in [2.75, 3.05) is 19.6 Å². The number of hydrogen-bond acceptors (Lipinski definition) is 4. The molecule has 0 saturated heterocycles. The Labute approximate surface area is 191 Å². The third kappa shape index (κ3) is 6.64. The van der Waals surface area contributed by atoms with E-state index in [9.17, 15) is 18.0 Å². The monoisotopic (exact) mass is 459 g/mol. The molecule has 2 amide bonds. The molecule has 0 aliphatic rings. The van der Waals surface area contributed by atoms with Gasteiger partial charge in [0.05, 0.1) is 11.4 Å². The summed E-state index contributed by atoms with van der Waals surface area (Å²) in [4.78, 5) is 24.6. The molecule has 0 unspecified atom stereocenters. The minimum absolute atomic E-state index is 0.00264. The standard InChI is InChI=1S/C24H33N3O4S/c1-6-27(7-2)32(30,31)21-14-8-18(9-15-21)16-25-22(28)17-26-23(29)19-10-12-20(13-11-19)24(3,4)5/h8-15H,6-7,16-17H2,1-5H3,(H,25,28)(H,26,29). The molecule has 0 aliphatic heterocycles. The number of nitrogens with one attached hydrogen (secondary N) is 2. The molecule has 0 atom stereocenters. The lowest BCUT2D eigenvalue weighted by molar-refractivity contribution is -0.120. The van der Waals surface area contributed by atoms with Crippen LogP contribution in [0.1, 0.15) is 56.1 Å². The first kappa shape index (κ1) is 25.5. The van der Waals surface area contributed by atoms with Crippen LogP contribution >= 0.6 is 0 Å². The maximum atomic E-state index is 12.5. The summed E-state index contributed by atoms with van der Waals surface area (Å²) in [6.07, 6.45) is 0. The Morgan fingerprint density at radius 3 is 1.94 bits per heavy atom. The van der Waals surface area contributed by atoms with Gasteiger partial charge in [0.25, 0.3) is 5.91 Å². The number of rotatable bonds is 9. The summed E-state index contributed by atoms with van der Waals surface area (Å²) in [7, 11) is -3.51. The quantitative estimate of drug-likeness (QED) is 0.602. The van der Waals surface area contributed by atoms with E-state index >= 15 is 0 Å². The first-order chi connectivity index (χ1) is 15.0. The zero-order chi connectivity index (χ0) is 23.9. The number of carbonyl (C=O) groups excluding carboxylic acids is 2. The molecule has 0 radical (unpaired) electrons. The maximum absolute atomic E-state index is 12.5. The fraction of sp³-hybridized carbons (Fsp3) is 0.417. The summed E-state index contributed by atoms with van der Waals surface area (Å²) < 4.78 is 26.4. The average Bonchev–Trinajstić information content (AvgIpc) is 2.76. The van der Waals surface area contributed by atoms with Crippen LogP contribution in [-0.2, 0) is 26.8 Å². The van der Waals surface area contributed by atoms with Gasteiger partial charge in [-0.1, -0.05) is 58.9 Å². The van der Waals surface area contributed by atoms with Gasteiger partial charge in [0, 0.05) is 25.2 Å². The van der Waals surface area contributed by atoms with E-state index in [0.29, 0.717) is 18.7 Å². The molecule has 0 aromatic heterocycles. The van der Waals surface area contributed by atoms with Crippen LogP contribution in [0, 0.1) is 0 Å². The summed E-state index contributed by atoms with van der Waals surface area (Å²) >= 11 is 0. The summed E-state index contributed by atoms with van der Waals surface area (Å²) in [6, 6.07) is 13.8. The summed E-state index contributed by atoms with van der Waals surface area (Å²) in [5, 5.41) is 5.34. The Hall–Kier alpha value is -2.71. The molecule has 0 heterocycles. The van der Waals surface area contributed by atoms with E-state index < -0.39 is 10.0 Å². The van der Waals surface area contributed by atoms with Gasteiger partial charge in [-0.15, -0.1) is 0 Å². The van der Waals surface area contributed by atoms with Crippen molar-refractivity contribution >= 4 is 21.8 Å². The van der Waals surface area contributed by atoms with Gasteiger partial charge in [-0.05, 0) is 40.8 Å². The van der Waals surface area contributed by atoms with Gasteiger partial charge in [0.2, 0.25) is 15.9 Å². The van der Waals surface area contributed by atoms with E-state index in [1.54, 1.807) is 38.1 Å². The minimum Gasteiger partial charge on any atom is -0.350 e. The molecule has 2 rings (SSSR count). The predicted molar refractivity (Wildman–Crippen MR) is 126 cm³/mol. The molecular weight excluding hydrogens is 426 g/mol. The average molecular weight is 460 g/mol. The second-order valence-electron chi connectivity index (χ2n) is 8.52. The van der Waals surface area contributed by atoms with Crippen LogP contribution < -0.4 is 10.6 Å². The topological polar surface area (TPSA) is 95.6 Å². The number of sulfonamides is 1. The number of hydrogen-bond donors (Lipinski definition) is 2. The van der Waals surface area contributed by atoms with E-state index in [-0.39, 0.29) is 35.2 Å². The Balaban J connectivity index is 1.86. The number of amides is 2. The summed E-state index contributed by atoms with van der Waals surface area (Å²) in [5.74, 6) is -0.643. The van der Waals surface area contributed by atoms with Crippen molar-refractivity contribution in [3.63, 3.8) is 0 Å². The van der Waals surface area contributed by atoms with Crippen LogP contribution in [0.2, 0.25) is 0 Å². The molecule has 2 N–H and O–H groups in total. The molecule has 8 heteroatoms. The second-order valence-corrected chi connectivity index (χ2v) is 10.5. The Morgan fingerprint density at radius 2 is 1.44 bits per heavy atom. The Bertz CT molecular complexity index is 1020. The van der Waals surface area contributed by atoms with Crippen LogP contribution in [0.15, 0.2) is 53.4 Å². The van der Waals surface area contributed by atoms with E-state index in [2.05, 4.69) is 31.4 Å². The number of nitrogens with zero attached hydrogens (tertiary/aromatic N) is 1. The molecular formula is C24H33N3O4S. The van der Waals surface area contributed by atoms with Crippen LogP contribution in [0.5, 0.6) is 0 Å². The van der Waals surface area contributed by atoms with E-state index in [0.717, 1.165) is 11.1 Å². The third-order valence-electron chi connectivity index (χ3n) is 5.18. The smallest absolute Gasteiger partial charge is 0.251 e. The van der Waals surface area contributed by atoms with Crippen LogP contribution in [0.25, 0.3) is 0 Å². The highest BCUT2D eigenvalue weighted by atomic mass is 32.2. The third-order valence-corrected chi connectivity index (χ3v) is 7.24. The lowest BCUT2D eigenvalue weighted by atomic mass is 9.87. The number of benzene rings is 2. The molecule has 32 heavy (non-hydrogen) atoms. The van der Waals surface area contributed by atoms with Gasteiger partial charge in [-0.2, -0.15) is 4.31 Å². The molecule has 0 fully saturated rings. The van der Waals surface area contributed by atoms with Gasteiger partial charge in [-0.3, -0.25) is 9.59 Å². The fourth-order valence-electron chi connectivity index (χ4n) is 3.14. The molecule has 7 nitrogen and oxygen atoms in total. The molecule has 0 bridgehead atoms. The molecule has 2 aromatic rings. The maximum Gasteiger partial charge on any atom is 0.251 e. The van der Waals surface area contributed by atoms with Gasteiger partial charge >= 0.3 is 0 Å². The lowest BCUT2D eigenvalue weighted by Crippen LogP contribution is -2.36. The molecule has 0 aliphatic carbocycles. The number of carbonyl (C=O) groups is 2. The predicted octanol–water partition coefficient (Wildman–Crippen LogP) is 3.06.